The van der Waals surface area contributed by atoms with E-state index in [0.717, 1.165) is 29.2 Å². The van der Waals surface area contributed by atoms with Gasteiger partial charge in [0, 0.05) is 30.2 Å². The van der Waals surface area contributed by atoms with E-state index in [2.05, 4.69) is 30.3 Å². The summed E-state index contributed by atoms with van der Waals surface area (Å²) in [6, 6.07) is 21.2. The summed E-state index contributed by atoms with van der Waals surface area (Å²) in [4.78, 5) is 21.8. The average Bonchev–Trinajstić information content (AvgIpc) is 2.85. The second-order valence-electron chi connectivity index (χ2n) is 7.14. The van der Waals surface area contributed by atoms with Gasteiger partial charge >= 0.3 is 0 Å². The summed E-state index contributed by atoms with van der Waals surface area (Å²) in [5.41, 5.74) is 3.15. The third-order valence-electron chi connectivity index (χ3n) is 4.82. The molecule has 0 atom stereocenters. The predicted octanol–water partition coefficient (Wildman–Crippen LogP) is 5.91. The number of hydrogen-bond donors (Lipinski definition) is 2. The molecule has 4 aromatic rings. The number of azo groups is 1. The van der Waals surface area contributed by atoms with Crippen molar-refractivity contribution in [2.24, 2.45) is 15.4 Å². The van der Waals surface area contributed by atoms with Gasteiger partial charge in [0.1, 0.15) is 17.2 Å². The summed E-state index contributed by atoms with van der Waals surface area (Å²) < 4.78 is 0. The smallest absolute Gasteiger partial charge is 0.152 e. The van der Waals surface area contributed by atoms with E-state index in [4.69, 9.17) is 0 Å². The predicted molar refractivity (Wildman–Crippen MR) is 124 cm³/mol. The van der Waals surface area contributed by atoms with Crippen molar-refractivity contribution in [1.29, 1.82) is 0 Å². The molecule has 0 aliphatic carbocycles. The Labute approximate surface area is 189 Å². The summed E-state index contributed by atoms with van der Waals surface area (Å²) in [5, 5.41) is 30.2. The topological polar surface area (TPSA) is 124 Å². The van der Waals surface area contributed by atoms with Crippen LogP contribution in [0.5, 0.6) is 11.5 Å². The lowest BCUT2D eigenvalue weighted by Crippen LogP contribution is -2.23. The Morgan fingerprint density at radius 2 is 1.33 bits per heavy atom. The first-order valence-electron chi connectivity index (χ1n) is 10.1. The summed E-state index contributed by atoms with van der Waals surface area (Å²) >= 11 is 0. The molecule has 2 N–H and O–H groups in total. The van der Waals surface area contributed by atoms with Crippen molar-refractivity contribution in [2.45, 2.75) is 13.1 Å². The molecule has 0 aliphatic rings. The van der Waals surface area contributed by atoms with E-state index in [1.165, 1.54) is 0 Å². The molecule has 2 aromatic carbocycles. The number of phenols is 2. The van der Waals surface area contributed by atoms with Crippen LogP contribution in [0.1, 0.15) is 11.4 Å². The van der Waals surface area contributed by atoms with Crippen LogP contribution in [0.3, 0.4) is 0 Å². The molecule has 0 saturated carbocycles. The Kier molecular flexibility index (Phi) is 6.60. The van der Waals surface area contributed by atoms with Gasteiger partial charge in [0.25, 0.3) is 0 Å². The maximum absolute atomic E-state index is 10.8. The molecule has 0 unspecified atom stereocenters. The number of pyridine rings is 2. The lowest BCUT2D eigenvalue weighted by Gasteiger charge is -2.24. The monoisotopic (exact) mass is 440 g/mol. The molecule has 0 amide bonds. The molecule has 0 aliphatic heterocycles. The lowest BCUT2D eigenvalue weighted by molar-refractivity contribution is 0.452. The highest BCUT2D eigenvalue weighted by atomic mass is 16.3. The van der Waals surface area contributed by atoms with Crippen molar-refractivity contribution in [2.75, 3.05) is 4.90 Å². The van der Waals surface area contributed by atoms with Crippen LogP contribution in [0.2, 0.25) is 0 Å². The Balaban J connectivity index is 1.56. The number of nitrogens with zero attached hydrogens (tertiary/aromatic N) is 6. The summed E-state index contributed by atoms with van der Waals surface area (Å²) in [7, 11) is 0. The third kappa shape index (κ3) is 5.53. The van der Waals surface area contributed by atoms with Crippen molar-refractivity contribution >= 4 is 22.7 Å². The van der Waals surface area contributed by atoms with Crippen LogP contribution in [0.15, 0.2) is 101 Å². The highest BCUT2D eigenvalue weighted by Gasteiger charge is 2.11. The van der Waals surface area contributed by atoms with E-state index in [-0.39, 0.29) is 17.1 Å². The van der Waals surface area contributed by atoms with Crippen molar-refractivity contribution in [3.8, 4) is 11.5 Å². The van der Waals surface area contributed by atoms with Gasteiger partial charge in [-0.25, -0.2) is 0 Å². The summed E-state index contributed by atoms with van der Waals surface area (Å²) in [6.45, 7) is 1.20. The van der Waals surface area contributed by atoms with E-state index in [1.54, 1.807) is 24.5 Å². The Morgan fingerprint density at radius 3 is 1.88 bits per heavy atom. The molecule has 4 rings (SSSR count). The maximum Gasteiger partial charge on any atom is 0.152 e. The molecule has 0 bridgehead atoms. The fraction of sp³-hybridized carbons (Fsp3) is 0.0833. The summed E-state index contributed by atoms with van der Waals surface area (Å²) in [6.07, 6.45) is 3.53. The largest absolute Gasteiger partial charge is 0.505 e. The lowest BCUT2D eigenvalue weighted by atomic mass is 10.2. The first-order valence-corrected chi connectivity index (χ1v) is 10.1. The number of rotatable bonds is 8. The van der Waals surface area contributed by atoms with Crippen LogP contribution in [-0.4, -0.2) is 20.2 Å². The molecular formula is C24H20N6O3. The number of aromatic hydroxyl groups is 2. The number of phenolic OH excluding ortho intramolecular Hbond substituents is 2. The van der Waals surface area contributed by atoms with Crippen LogP contribution < -0.4 is 4.90 Å². The Morgan fingerprint density at radius 1 is 0.727 bits per heavy atom. The minimum Gasteiger partial charge on any atom is -0.505 e. The van der Waals surface area contributed by atoms with Crippen LogP contribution >= 0.6 is 0 Å². The third-order valence-corrected chi connectivity index (χ3v) is 4.82. The Bertz CT molecular complexity index is 1210. The second-order valence-corrected chi connectivity index (χ2v) is 7.14. The van der Waals surface area contributed by atoms with Crippen molar-refractivity contribution in [3.05, 3.63) is 101 Å². The second kappa shape index (κ2) is 10.1. The van der Waals surface area contributed by atoms with Gasteiger partial charge in [0.05, 0.1) is 30.2 Å². The highest BCUT2D eigenvalue weighted by molar-refractivity contribution is 5.65. The SMILES string of the molecule is O=Nc1cc(N=Nc2ccc(N(Cc3ccccn3)Cc3ccccn3)cc2)c(O)cc1O. The molecule has 33 heavy (non-hydrogen) atoms. The van der Waals surface area contributed by atoms with Gasteiger partial charge < -0.3 is 15.1 Å². The minimum absolute atomic E-state index is 0.0263. The van der Waals surface area contributed by atoms with Gasteiger partial charge in [-0.15, -0.1) is 10.0 Å². The van der Waals surface area contributed by atoms with Crippen molar-refractivity contribution in [1.82, 2.24) is 9.97 Å². The first-order chi connectivity index (χ1) is 16.1. The number of nitroso groups, excluding NO2 is 1. The number of hydrogen-bond acceptors (Lipinski definition) is 9. The van der Waals surface area contributed by atoms with Crippen LogP contribution in [0.25, 0.3) is 0 Å². The molecule has 164 valence electrons. The van der Waals surface area contributed by atoms with Crippen LogP contribution in [-0.2, 0) is 13.1 Å². The van der Waals surface area contributed by atoms with Gasteiger partial charge in [-0.3, -0.25) is 9.97 Å². The molecule has 2 aromatic heterocycles. The highest BCUT2D eigenvalue weighted by Crippen LogP contribution is 2.39. The quantitative estimate of drug-likeness (QED) is 0.259. The zero-order valence-electron chi connectivity index (χ0n) is 17.5. The van der Waals surface area contributed by atoms with E-state index in [9.17, 15) is 15.1 Å². The maximum atomic E-state index is 10.8. The van der Waals surface area contributed by atoms with Gasteiger partial charge in [0.15, 0.2) is 5.69 Å². The minimum atomic E-state index is -0.424. The number of anilines is 1. The molecular weight excluding hydrogens is 420 g/mol. The van der Waals surface area contributed by atoms with E-state index < -0.39 is 5.75 Å². The number of benzene rings is 2. The van der Waals surface area contributed by atoms with E-state index in [1.807, 2.05) is 48.5 Å². The molecule has 0 radical (unpaired) electrons. The fourth-order valence-corrected chi connectivity index (χ4v) is 3.16. The molecule has 9 nitrogen and oxygen atoms in total. The normalized spacial score (nSPS) is 10.9. The Hall–Kier alpha value is -4.66. The van der Waals surface area contributed by atoms with Crippen molar-refractivity contribution in [3.63, 3.8) is 0 Å². The number of aromatic nitrogens is 2. The zero-order valence-corrected chi connectivity index (χ0v) is 17.5. The van der Waals surface area contributed by atoms with E-state index >= 15 is 0 Å². The van der Waals surface area contributed by atoms with Gasteiger partial charge in [-0.1, -0.05) is 12.1 Å². The molecule has 2 heterocycles. The zero-order chi connectivity index (χ0) is 23.0. The molecule has 9 heteroatoms. The molecule has 0 saturated heterocycles. The average molecular weight is 440 g/mol. The van der Waals surface area contributed by atoms with Gasteiger partial charge in [0.2, 0.25) is 0 Å². The van der Waals surface area contributed by atoms with E-state index in [0.29, 0.717) is 18.8 Å². The first kappa shape index (κ1) is 21.6. The van der Waals surface area contributed by atoms with Crippen LogP contribution in [0, 0.1) is 4.91 Å². The molecule has 0 fully saturated rings. The molecule has 0 spiro atoms. The van der Waals surface area contributed by atoms with Crippen LogP contribution in [0.4, 0.5) is 22.7 Å². The fourth-order valence-electron chi connectivity index (χ4n) is 3.16. The van der Waals surface area contributed by atoms with Gasteiger partial charge in [-0.2, -0.15) is 5.11 Å². The summed E-state index contributed by atoms with van der Waals surface area (Å²) in [5.74, 6) is -0.733. The van der Waals surface area contributed by atoms with Crippen molar-refractivity contribution < 1.29 is 10.2 Å². The standard InChI is InChI=1S/C24H20N6O3/c31-23-14-24(32)22(29-33)13-21(23)28-27-17-7-9-20(10-8-17)30(15-18-5-1-3-11-25-18)16-19-6-2-4-12-26-19/h1-14,31-32H,15-16H2. The van der Waals surface area contributed by atoms with Gasteiger partial charge in [-0.05, 0) is 53.7 Å².